The summed E-state index contributed by atoms with van der Waals surface area (Å²) in [6, 6.07) is 10.9. The van der Waals surface area contributed by atoms with E-state index in [2.05, 4.69) is 0 Å². The maximum absolute atomic E-state index is 12.1. The van der Waals surface area contributed by atoms with Crippen LogP contribution < -0.4 is 5.63 Å². The number of para-hydroxylation sites is 1. The number of fused-ring (bicyclic) bond motifs is 1. The Kier molecular flexibility index (Phi) is 3.35. The molecule has 3 aromatic rings. The number of carboxylic acids is 1. The fourth-order valence-electron chi connectivity index (χ4n) is 2.22. The van der Waals surface area contributed by atoms with E-state index < -0.39 is 11.6 Å². The van der Waals surface area contributed by atoms with Gasteiger partial charge in [-0.2, -0.15) is 0 Å². The first kappa shape index (κ1) is 13.6. The number of hydrogen-bond acceptors (Lipinski definition) is 4. The van der Waals surface area contributed by atoms with Crippen LogP contribution in [0.3, 0.4) is 0 Å². The maximum atomic E-state index is 12.1. The van der Waals surface area contributed by atoms with E-state index in [1.165, 1.54) is 11.3 Å². The molecule has 1 N–H and O–H groups in total. The molecule has 5 heteroatoms. The second kappa shape index (κ2) is 5.18. The molecule has 0 bridgehead atoms. The summed E-state index contributed by atoms with van der Waals surface area (Å²) >= 11 is 1.41. The molecule has 106 valence electrons. The van der Waals surface area contributed by atoms with Crippen molar-refractivity contribution in [1.29, 1.82) is 0 Å². The number of rotatable bonds is 3. The fourth-order valence-corrected chi connectivity index (χ4v) is 3.27. The smallest absolute Gasteiger partial charge is 0.345 e. The fraction of sp³-hybridized carbons (Fsp3) is 0.125. The lowest BCUT2D eigenvalue weighted by atomic mass is 10.1. The Morgan fingerprint density at radius 3 is 2.81 bits per heavy atom. The third kappa shape index (κ3) is 2.60. The van der Waals surface area contributed by atoms with E-state index in [1.807, 2.05) is 25.1 Å². The van der Waals surface area contributed by atoms with E-state index in [0.717, 1.165) is 20.7 Å². The van der Waals surface area contributed by atoms with E-state index in [4.69, 9.17) is 9.52 Å². The van der Waals surface area contributed by atoms with Gasteiger partial charge in [0.15, 0.2) is 0 Å². The van der Waals surface area contributed by atoms with E-state index in [9.17, 15) is 9.59 Å². The quantitative estimate of drug-likeness (QED) is 0.752. The second-order valence-corrected chi connectivity index (χ2v) is 6.00. The number of aliphatic carboxylic acids is 1. The van der Waals surface area contributed by atoms with Gasteiger partial charge in [0.1, 0.15) is 5.58 Å². The van der Waals surface area contributed by atoms with Gasteiger partial charge in [-0.1, -0.05) is 18.2 Å². The molecule has 0 amide bonds. The van der Waals surface area contributed by atoms with E-state index >= 15 is 0 Å². The number of carbonyl (C=O) groups is 1. The SMILES string of the molecule is Cc1sc(-c2cc3ccccc3oc2=O)cc1CC(=O)O. The van der Waals surface area contributed by atoms with E-state index in [1.54, 1.807) is 18.2 Å². The Balaban J connectivity index is 2.14. The predicted octanol–water partition coefficient (Wildman–Crippen LogP) is 3.46. The van der Waals surface area contributed by atoms with Crippen LogP contribution in [0.1, 0.15) is 10.4 Å². The predicted molar refractivity (Wildman–Crippen MR) is 81.9 cm³/mol. The highest BCUT2D eigenvalue weighted by Crippen LogP contribution is 2.31. The van der Waals surface area contributed by atoms with Crippen LogP contribution in [0.4, 0.5) is 0 Å². The van der Waals surface area contributed by atoms with Gasteiger partial charge in [0.05, 0.1) is 12.0 Å². The molecule has 3 rings (SSSR count). The lowest BCUT2D eigenvalue weighted by Gasteiger charge is -1.99. The van der Waals surface area contributed by atoms with Crippen LogP contribution in [0, 0.1) is 6.92 Å². The highest BCUT2D eigenvalue weighted by molar-refractivity contribution is 7.15. The van der Waals surface area contributed by atoms with Gasteiger partial charge in [0, 0.05) is 15.1 Å². The minimum absolute atomic E-state index is 0.0404. The summed E-state index contributed by atoms with van der Waals surface area (Å²) in [7, 11) is 0. The van der Waals surface area contributed by atoms with Crippen molar-refractivity contribution in [2.24, 2.45) is 0 Å². The molecule has 0 aliphatic heterocycles. The Hall–Kier alpha value is -2.40. The van der Waals surface area contributed by atoms with E-state index in [-0.39, 0.29) is 6.42 Å². The van der Waals surface area contributed by atoms with Crippen LogP contribution in [-0.4, -0.2) is 11.1 Å². The monoisotopic (exact) mass is 300 g/mol. The van der Waals surface area contributed by atoms with Gasteiger partial charge in [-0.15, -0.1) is 11.3 Å². The van der Waals surface area contributed by atoms with E-state index in [0.29, 0.717) is 11.1 Å². The first-order chi connectivity index (χ1) is 10.0. The number of benzene rings is 1. The number of aryl methyl sites for hydroxylation is 1. The molecule has 0 aliphatic carbocycles. The maximum Gasteiger partial charge on any atom is 0.345 e. The van der Waals surface area contributed by atoms with Crippen molar-refractivity contribution in [2.45, 2.75) is 13.3 Å². The average Bonchev–Trinajstić information content (AvgIpc) is 2.78. The van der Waals surface area contributed by atoms with Crippen molar-refractivity contribution in [2.75, 3.05) is 0 Å². The molecule has 21 heavy (non-hydrogen) atoms. The van der Waals surface area contributed by atoms with Crippen molar-refractivity contribution in [3.8, 4) is 10.4 Å². The van der Waals surface area contributed by atoms with Crippen LogP contribution in [0.5, 0.6) is 0 Å². The zero-order valence-corrected chi connectivity index (χ0v) is 12.1. The zero-order valence-electron chi connectivity index (χ0n) is 11.3. The van der Waals surface area contributed by atoms with Gasteiger partial charge in [-0.05, 0) is 30.7 Å². The number of hydrogen-bond donors (Lipinski definition) is 1. The van der Waals surface area contributed by atoms with Crippen LogP contribution in [0.15, 0.2) is 45.6 Å². The third-order valence-electron chi connectivity index (χ3n) is 3.27. The molecule has 0 radical (unpaired) electrons. The van der Waals surface area contributed by atoms with Crippen molar-refractivity contribution < 1.29 is 14.3 Å². The lowest BCUT2D eigenvalue weighted by molar-refractivity contribution is -0.136. The minimum Gasteiger partial charge on any atom is -0.481 e. The summed E-state index contributed by atoms with van der Waals surface area (Å²) in [5.74, 6) is -0.881. The van der Waals surface area contributed by atoms with Crippen LogP contribution in [-0.2, 0) is 11.2 Å². The molecule has 0 saturated heterocycles. The Bertz CT molecular complexity index is 889. The molecular weight excluding hydrogens is 288 g/mol. The Morgan fingerprint density at radius 2 is 2.05 bits per heavy atom. The van der Waals surface area contributed by atoms with Crippen molar-refractivity contribution in [3.63, 3.8) is 0 Å². The minimum atomic E-state index is -0.881. The summed E-state index contributed by atoms with van der Waals surface area (Å²) < 4.78 is 5.31. The van der Waals surface area contributed by atoms with Crippen LogP contribution in [0.2, 0.25) is 0 Å². The summed E-state index contributed by atoms with van der Waals surface area (Å²) in [6.07, 6.45) is -0.0404. The van der Waals surface area contributed by atoms with Crippen molar-refractivity contribution in [1.82, 2.24) is 0 Å². The Labute approximate surface area is 124 Å². The molecule has 0 unspecified atom stereocenters. The summed E-state index contributed by atoms with van der Waals surface area (Å²) in [4.78, 5) is 24.6. The average molecular weight is 300 g/mol. The largest absolute Gasteiger partial charge is 0.481 e. The first-order valence-electron chi connectivity index (χ1n) is 6.39. The third-order valence-corrected chi connectivity index (χ3v) is 4.40. The van der Waals surface area contributed by atoms with Gasteiger partial charge in [-0.25, -0.2) is 4.79 Å². The van der Waals surface area contributed by atoms with Gasteiger partial charge in [0.2, 0.25) is 0 Å². The Morgan fingerprint density at radius 1 is 1.29 bits per heavy atom. The molecule has 0 atom stereocenters. The number of thiophene rings is 1. The normalized spacial score (nSPS) is 10.9. The molecule has 2 aromatic heterocycles. The highest BCUT2D eigenvalue weighted by Gasteiger charge is 2.14. The van der Waals surface area contributed by atoms with Gasteiger partial charge in [0.25, 0.3) is 0 Å². The molecule has 0 fully saturated rings. The lowest BCUT2D eigenvalue weighted by Crippen LogP contribution is -2.02. The number of carboxylic acid groups (broad SMARTS) is 1. The summed E-state index contributed by atoms with van der Waals surface area (Å²) in [6.45, 7) is 1.86. The van der Waals surface area contributed by atoms with Crippen LogP contribution in [0.25, 0.3) is 21.4 Å². The standard InChI is InChI=1S/C16H12O4S/c1-9-11(8-15(17)18)7-14(21-9)12-6-10-4-2-3-5-13(10)20-16(12)19/h2-7H,8H2,1H3,(H,17,18). The van der Waals surface area contributed by atoms with Gasteiger partial charge < -0.3 is 9.52 Å². The molecule has 2 heterocycles. The molecule has 0 saturated carbocycles. The molecular formula is C16H12O4S. The van der Waals surface area contributed by atoms with Gasteiger partial charge in [-0.3, -0.25) is 4.79 Å². The first-order valence-corrected chi connectivity index (χ1v) is 7.20. The topological polar surface area (TPSA) is 67.5 Å². The molecule has 0 spiro atoms. The summed E-state index contributed by atoms with van der Waals surface area (Å²) in [5, 5.41) is 9.74. The van der Waals surface area contributed by atoms with Crippen molar-refractivity contribution in [3.05, 3.63) is 57.3 Å². The highest BCUT2D eigenvalue weighted by atomic mass is 32.1. The molecule has 4 nitrogen and oxygen atoms in total. The molecule has 0 aliphatic rings. The zero-order chi connectivity index (χ0) is 15.0. The second-order valence-electron chi connectivity index (χ2n) is 4.75. The van der Waals surface area contributed by atoms with Crippen molar-refractivity contribution >= 4 is 28.3 Å². The van der Waals surface area contributed by atoms with Crippen LogP contribution >= 0.6 is 11.3 Å². The van der Waals surface area contributed by atoms with Gasteiger partial charge >= 0.3 is 11.6 Å². The summed E-state index contributed by atoms with van der Waals surface area (Å²) in [5.41, 5.74) is 1.34. The molecule has 1 aromatic carbocycles.